The molecular formula is C10H11F3N6OS. The fourth-order valence-electron chi connectivity index (χ4n) is 1.37. The molecule has 2 heterocycles. The largest absolute Gasteiger partial charge is 0.434 e. The average molecular weight is 320 g/mol. The van der Waals surface area contributed by atoms with Crippen molar-refractivity contribution in [2.45, 2.75) is 19.6 Å². The molecule has 0 unspecified atom stereocenters. The number of amides is 2. The second kappa shape index (κ2) is 5.68. The summed E-state index contributed by atoms with van der Waals surface area (Å²) in [6.45, 7) is 1.85. The lowest BCUT2D eigenvalue weighted by Crippen LogP contribution is -2.29. The van der Waals surface area contributed by atoms with Crippen LogP contribution >= 0.6 is 11.3 Å². The fourth-order valence-corrected chi connectivity index (χ4v) is 2.08. The zero-order chi connectivity index (χ0) is 15.6. The predicted octanol–water partition coefficient (Wildman–Crippen LogP) is 1.92. The third-order valence-electron chi connectivity index (χ3n) is 2.60. The summed E-state index contributed by atoms with van der Waals surface area (Å²) in [5.74, 6) is 1.21. The Bertz CT molecular complexity index is 650. The van der Waals surface area contributed by atoms with Gasteiger partial charge in [0.1, 0.15) is 5.82 Å². The molecule has 0 aromatic carbocycles. The minimum absolute atomic E-state index is 0.0979. The molecule has 0 radical (unpaired) electrons. The number of nitrogens with one attached hydrogen (secondary N) is 2. The quantitative estimate of drug-likeness (QED) is 0.905. The standard InChI is InChI=1S/C10H11F3N6OS/c1-5-17-18-7(19(5)2)3-14-8(20)16-9-15-6(4-21-9)10(11,12)13/h4H,3H2,1-2H3,(H2,14,15,16,20). The van der Waals surface area contributed by atoms with Crippen LogP contribution in [0.25, 0.3) is 0 Å². The molecule has 0 saturated heterocycles. The monoisotopic (exact) mass is 320 g/mol. The topological polar surface area (TPSA) is 84.7 Å². The predicted molar refractivity (Wildman–Crippen MR) is 68.7 cm³/mol. The number of thiazole rings is 1. The number of aryl methyl sites for hydroxylation is 1. The number of hydrogen-bond donors (Lipinski definition) is 2. The Hall–Kier alpha value is -2.17. The minimum atomic E-state index is -4.52. The van der Waals surface area contributed by atoms with Crippen molar-refractivity contribution in [3.63, 3.8) is 0 Å². The van der Waals surface area contributed by atoms with Crippen molar-refractivity contribution in [1.29, 1.82) is 0 Å². The Kier molecular flexibility index (Phi) is 4.11. The van der Waals surface area contributed by atoms with E-state index in [0.717, 1.165) is 5.38 Å². The van der Waals surface area contributed by atoms with E-state index in [4.69, 9.17) is 0 Å². The molecule has 7 nitrogen and oxygen atoms in total. The van der Waals surface area contributed by atoms with Crippen molar-refractivity contribution in [2.75, 3.05) is 5.32 Å². The molecule has 2 amide bonds. The summed E-state index contributed by atoms with van der Waals surface area (Å²) >= 11 is 0.697. The first kappa shape index (κ1) is 15.2. The normalized spacial score (nSPS) is 11.5. The molecule has 2 N–H and O–H groups in total. The molecule has 2 rings (SSSR count). The van der Waals surface area contributed by atoms with Crippen molar-refractivity contribution in [1.82, 2.24) is 25.1 Å². The van der Waals surface area contributed by atoms with E-state index in [1.807, 2.05) is 0 Å². The molecule has 11 heteroatoms. The lowest BCUT2D eigenvalue weighted by Gasteiger charge is -2.05. The number of alkyl halides is 3. The first-order valence-corrected chi connectivity index (χ1v) is 6.58. The first-order valence-electron chi connectivity index (χ1n) is 5.70. The van der Waals surface area contributed by atoms with E-state index in [-0.39, 0.29) is 11.7 Å². The van der Waals surface area contributed by atoms with E-state index in [2.05, 4.69) is 25.8 Å². The smallest absolute Gasteiger partial charge is 0.331 e. The summed E-state index contributed by atoms with van der Waals surface area (Å²) in [5, 5.41) is 13.1. The Morgan fingerprint density at radius 2 is 2.14 bits per heavy atom. The summed E-state index contributed by atoms with van der Waals surface area (Å²) in [4.78, 5) is 14.9. The molecule has 21 heavy (non-hydrogen) atoms. The number of aromatic nitrogens is 4. The summed E-state index contributed by atoms with van der Waals surface area (Å²) < 4.78 is 38.7. The maximum absolute atomic E-state index is 12.4. The maximum atomic E-state index is 12.4. The molecule has 0 aliphatic carbocycles. The first-order chi connectivity index (χ1) is 9.77. The summed E-state index contributed by atoms with van der Waals surface area (Å²) in [6, 6.07) is -0.668. The van der Waals surface area contributed by atoms with Gasteiger partial charge in [0.15, 0.2) is 16.6 Å². The van der Waals surface area contributed by atoms with Crippen LogP contribution < -0.4 is 10.6 Å². The van der Waals surface area contributed by atoms with Crippen LogP contribution in [-0.2, 0) is 19.8 Å². The van der Waals surface area contributed by atoms with E-state index in [1.54, 1.807) is 18.5 Å². The Morgan fingerprint density at radius 3 is 2.67 bits per heavy atom. The molecule has 2 aromatic rings. The minimum Gasteiger partial charge on any atom is -0.331 e. The van der Waals surface area contributed by atoms with Gasteiger partial charge in [-0.05, 0) is 6.92 Å². The molecule has 0 fully saturated rings. The Labute approximate surface area is 121 Å². The van der Waals surface area contributed by atoms with Gasteiger partial charge in [-0.2, -0.15) is 13.2 Å². The van der Waals surface area contributed by atoms with Gasteiger partial charge in [0, 0.05) is 12.4 Å². The molecule has 2 aromatic heterocycles. The van der Waals surface area contributed by atoms with Gasteiger partial charge in [-0.1, -0.05) is 0 Å². The molecule has 114 valence electrons. The zero-order valence-corrected chi connectivity index (χ0v) is 11.8. The molecule has 0 bridgehead atoms. The van der Waals surface area contributed by atoms with Crippen LogP contribution in [0.1, 0.15) is 17.3 Å². The van der Waals surface area contributed by atoms with Gasteiger partial charge in [0.25, 0.3) is 0 Å². The van der Waals surface area contributed by atoms with Crippen molar-refractivity contribution < 1.29 is 18.0 Å². The lowest BCUT2D eigenvalue weighted by molar-refractivity contribution is -0.140. The third kappa shape index (κ3) is 3.68. The summed E-state index contributed by atoms with van der Waals surface area (Å²) in [7, 11) is 1.74. The summed E-state index contributed by atoms with van der Waals surface area (Å²) in [5.41, 5.74) is -1.04. The van der Waals surface area contributed by atoms with Gasteiger partial charge < -0.3 is 9.88 Å². The summed E-state index contributed by atoms with van der Waals surface area (Å²) in [6.07, 6.45) is -4.52. The van der Waals surface area contributed by atoms with Crippen molar-refractivity contribution in [3.8, 4) is 0 Å². The fraction of sp³-hybridized carbons (Fsp3) is 0.400. The van der Waals surface area contributed by atoms with Gasteiger partial charge >= 0.3 is 12.2 Å². The number of anilines is 1. The highest BCUT2D eigenvalue weighted by atomic mass is 32.1. The molecular weight excluding hydrogens is 309 g/mol. The molecule has 0 spiro atoms. The van der Waals surface area contributed by atoms with Crippen LogP contribution in [0.5, 0.6) is 0 Å². The Balaban J connectivity index is 1.90. The highest BCUT2D eigenvalue weighted by molar-refractivity contribution is 7.13. The van der Waals surface area contributed by atoms with E-state index < -0.39 is 17.9 Å². The molecule has 0 atom stereocenters. The van der Waals surface area contributed by atoms with Gasteiger partial charge in [-0.25, -0.2) is 9.78 Å². The van der Waals surface area contributed by atoms with Crippen LogP contribution in [0.2, 0.25) is 0 Å². The van der Waals surface area contributed by atoms with E-state index in [9.17, 15) is 18.0 Å². The van der Waals surface area contributed by atoms with Crippen LogP contribution in [0.3, 0.4) is 0 Å². The highest BCUT2D eigenvalue weighted by Gasteiger charge is 2.33. The number of rotatable bonds is 3. The number of urea groups is 1. The second-order valence-corrected chi connectivity index (χ2v) is 4.92. The Morgan fingerprint density at radius 1 is 1.43 bits per heavy atom. The van der Waals surface area contributed by atoms with Crippen LogP contribution in [-0.4, -0.2) is 25.8 Å². The molecule has 0 aliphatic heterocycles. The number of halogens is 3. The second-order valence-electron chi connectivity index (χ2n) is 4.07. The number of hydrogen-bond acceptors (Lipinski definition) is 5. The van der Waals surface area contributed by atoms with Crippen molar-refractivity contribution in [3.05, 3.63) is 22.7 Å². The maximum Gasteiger partial charge on any atom is 0.434 e. The zero-order valence-electron chi connectivity index (χ0n) is 11.0. The van der Waals surface area contributed by atoms with Gasteiger partial charge in [0.05, 0.1) is 6.54 Å². The van der Waals surface area contributed by atoms with Gasteiger partial charge in [-0.15, -0.1) is 21.5 Å². The highest BCUT2D eigenvalue weighted by Crippen LogP contribution is 2.31. The van der Waals surface area contributed by atoms with E-state index in [1.165, 1.54) is 0 Å². The van der Waals surface area contributed by atoms with E-state index >= 15 is 0 Å². The van der Waals surface area contributed by atoms with Gasteiger partial charge in [-0.3, -0.25) is 5.32 Å². The molecule has 0 aliphatic rings. The molecule has 0 saturated carbocycles. The lowest BCUT2D eigenvalue weighted by atomic mass is 10.5. The van der Waals surface area contributed by atoms with Crippen molar-refractivity contribution >= 4 is 22.5 Å². The van der Waals surface area contributed by atoms with Crippen LogP contribution in [0.15, 0.2) is 5.38 Å². The van der Waals surface area contributed by atoms with E-state index in [0.29, 0.717) is 23.0 Å². The number of carbonyl (C=O) groups excluding carboxylic acids is 1. The SMILES string of the molecule is Cc1nnc(CNC(=O)Nc2nc(C(F)(F)F)cs2)n1C. The number of nitrogens with zero attached hydrogens (tertiary/aromatic N) is 4. The third-order valence-corrected chi connectivity index (χ3v) is 3.36. The van der Waals surface area contributed by atoms with Crippen LogP contribution in [0.4, 0.5) is 23.1 Å². The number of carbonyl (C=O) groups is 1. The van der Waals surface area contributed by atoms with Crippen LogP contribution in [0, 0.1) is 6.92 Å². The average Bonchev–Trinajstić information content (AvgIpc) is 2.96. The van der Waals surface area contributed by atoms with Gasteiger partial charge in [0.2, 0.25) is 0 Å². The van der Waals surface area contributed by atoms with Crippen molar-refractivity contribution in [2.24, 2.45) is 7.05 Å².